The maximum absolute atomic E-state index is 4.75. The molecule has 3 aromatic rings. The van der Waals surface area contributed by atoms with Crippen LogP contribution in [0.3, 0.4) is 0 Å². The molecule has 0 atom stereocenters. The van der Waals surface area contributed by atoms with Gasteiger partial charge in [0, 0.05) is 25.5 Å². The van der Waals surface area contributed by atoms with E-state index in [1.807, 2.05) is 0 Å². The number of benzene rings is 1. The molecule has 0 saturated carbocycles. The summed E-state index contributed by atoms with van der Waals surface area (Å²) in [5.74, 6) is 1.16. The van der Waals surface area contributed by atoms with Crippen molar-refractivity contribution in [2.75, 3.05) is 6.54 Å². The summed E-state index contributed by atoms with van der Waals surface area (Å²) < 4.78 is 4.55. The molecule has 0 fully saturated rings. The molecule has 1 N–H and O–H groups in total. The second-order valence-corrected chi connectivity index (χ2v) is 4.60. The highest BCUT2D eigenvalue weighted by atomic mass is 15.2. The first-order valence-corrected chi connectivity index (χ1v) is 5.99. The first-order chi connectivity index (χ1) is 8.36. The average Bonchev–Trinajstić information content (AvgIpc) is 2.88. The highest BCUT2D eigenvalue weighted by Crippen LogP contribution is 2.29. The smallest absolute Gasteiger partial charge is 0.159 e. The number of fused-ring (bicyclic) bond motifs is 5. The van der Waals surface area contributed by atoms with E-state index in [9.17, 15) is 0 Å². The van der Waals surface area contributed by atoms with Crippen molar-refractivity contribution in [3.63, 3.8) is 0 Å². The Kier molecular flexibility index (Phi) is 1.69. The fourth-order valence-electron chi connectivity index (χ4n) is 2.83. The number of aromatic nitrogens is 3. The van der Waals surface area contributed by atoms with Gasteiger partial charge in [-0.1, -0.05) is 18.2 Å². The van der Waals surface area contributed by atoms with Crippen LogP contribution >= 0.6 is 0 Å². The van der Waals surface area contributed by atoms with Crippen LogP contribution in [-0.2, 0) is 20.1 Å². The highest BCUT2D eigenvalue weighted by molar-refractivity contribution is 6.05. The summed E-state index contributed by atoms with van der Waals surface area (Å²) in [4.78, 5) is 4.75. The second kappa shape index (κ2) is 3.11. The van der Waals surface area contributed by atoms with E-state index in [0.29, 0.717) is 0 Å². The van der Waals surface area contributed by atoms with E-state index in [1.54, 1.807) is 0 Å². The van der Waals surface area contributed by atoms with Crippen molar-refractivity contribution < 1.29 is 0 Å². The largest absolute Gasteiger partial charge is 0.327 e. The van der Waals surface area contributed by atoms with Crippen LogP contribution in [0, 0.1) is 0 Å². The normalized spacial score (nSPS) is 15.6. The first kappa shape index (κ1) is 9.24. The molecule has 17 heavy (non-hydrogen) atoms. The molecule has 0 unspecified atom stereocenters. The molecule has 2 aromatic heterocycles. The van der Waals surface area contributed by atoms with Gasteiger partial charge in [0.25, 0.3) is 0 Å². The number of nitrogens with one attached hydrogen (secondary N) is 1. The van der Waals surface area contributed by atoms with Gasteiger partial charge in [-0.15, -0.1) is 0 Å². The van der Waals surface area contributed by atoms with Crippen molar-refractivity contribution in [1.29, 1.82) is 0 Å². The molecule has 0 bridgehead atoms. The van der Waals surface area contributed by atoms with Gasteiger partial charge >= 0.3 is 0 Å². The van der Waals surface area contributed by atoms with Crippen molar-refractivity contribution in [2.45, 2.75) is 13.1 Å². The summed E-state index contributed by atoms with van der Waals surface area (Å²) in [6.07, 6.45) is 0. The van der Waals surface area contributed by atoms with Gasteiger partial charge in [0.1, 0.15) is 5.82 Å². The zero-order valence-electron chi connectivity index (χ0n) is 9.77. The Labute approximate surface area is 98.9 Å². The quantitative estimate of drug-likeness (QED) is 0.632. The predicted molar refractivity (Wildman–Crippen MR) is 67.9 cm³/mol. The van der Waals surface area contributed by atoms with Gasteiger partial charge in [-0.05, 0) is 6.07 Å². The Morgan fingerprint density at radius 3 is 3.12 bits per heavy atom. The van der Waals surface area contributed by atoms with Gasteiger partial charge < -0.3 is 14.5 Å². The Bertz CT molecular complexity index is 720. The molecule has 0 spiro atoms. The minimum atomic E-state index is 0.878. The van der Waals surface area contributed by atoms with E-state index < -0.39 is 0 Å². The van der Waals surface area contributed by atoms with E-state index in [0.717, 1.165) is 31.1 Å². The zero-order valence-corrected chi connectivity index (χ0v) is 9.77. The predicted octanol–water partition coefficient (Wildman–Crippen LogP) is 1.63. The third-order valence-electron chi connectivity index (χ3n) is 3.66. The minimum Gasteiger partial charge on any atom is -0.327 e. The lowest BCUT2D eigenvalue weighted by atomic mass is 10.2. The van der Waals surface area contributed by atoms with Crippen LogP contribution in [0.1, 0.15) is 5.82 Å². The molecular formula is C13H14N4. The number of nitrogens with zero attached hydrogens (tertiary/aromatic N) is 3. The van der Waals surface area contributed by atoms with Crippen molar-refractivity contribution in [1.82, 2.24) is 19.4 Å². The Balaban J connectivity index is 2.22. The van der Waals surface area contributed by atoms with Crippen molar-refractivity contribution in [3.8, 4) is 0 Å². The van der Waals surface area contributed by atoms with Gasteiger partial charge in [0.05, 0.1) is 17.6 Å². The molecule has 0 amide bonds. The van der Waals surface area contributed by atoms with Gasteiger partial charge in [-0.25, -0.2) is 4.98 Å². The summed E-state index contributed by atoms with van der Waals surface area (Å²) in [6, 6.07) is 8.53. The topological polar surface area (TPSA) is 34.8 Å². The monoisotopic (exact) mass is 226 g/mol. The van der Waals surface area contributed by atoms with Gasteiger partial charge in [0.2, 0.25) is 0 Å². The molecule has 1 aromatic carbocycles. The minimum absolute atomic E-state index is 0.878. The van der Waals surface area contributed by atoms with Crippen molar-refractivity contribution >= 4 is 22.1 Å². The lowest BCUT2D eigenvalue weighted by Gasteiger charge is -2.15. The zero-order chi connectivity index (χ0) is 11.4. The van der Waals surface area contributed by atoms with Gasteiger partial charge in [-0.2, -0.15) is 0 Å². The summed E-state index contributed by atoms with van der Waals surface area (Å²) >= 11 is 0. The summed E-state index contributed by atoms with van der Waals surface area (Å²) in [5.41, 5.74) is 3.66. The molecular weight excluding hydrogens is 212 g/mol. The summed E-state index contributed by atoms with van der Waals surface area (Å²) in [6.45, 7) is 2.92. The van der Waals surface area contributed by atoms with E-state index in [2.05, 4.69) is 45.8 Å². The van der Waals surface area contributed by atoms with Crippen molar-refractivity contribution in [3.05, 3.63) is 30.1 Å². The standard InChI is InChI=1S/C13H14N4/c1-16-10-5-3-2-4-9(10)12-13(16)15-11-8-14-6-7-17(11)12/h2-5,14H,6-8H2,1H3. The maximum Gasteiger partial charge on any atom is 0.159 e. The first-order valence-electron chi connectivity index (χ1n) is 5.99. The molecule has 4 heteroatoms. The molecule has 0 radical (unpaired) electrons. The number of para-hydroxylation sites is 1. The molecule has 4 rings (SSSR count). The Morgan fingerprint density at radius 1 is 1.29 bits per heavy atom. The van der Waals surface area contributed by atoms with E-state index >= 15 is 0 Å². The molecule has 1 aliphatic rings. The van der Waals surface area contributed by atoms with Gasteiger partial charge in [0.15, 0.2) is 5.65 Å². The fraction of sp³-hybridized carbons (Fsp3) is 0.308. The third kappa shape index (κ3) is 1.08. The maximum atomic E-state index is 4.75. The third-order valence-corrected chi connectivity index (χ3v) is 3.66. The molecule has 3 heterocycles. The van der Waals surface area contributed by atoms with Crippen LogP contribution in [0.15, 0.2) is 24.3 Å². The number of hydrogen-bond donors (Lipinski definition) is 1. The van der Waals surface area contributed by atoms with Crippen LogP contribution in [-0.4, -0.2) is 20.7 Å². The summed E-state index contributed by atoms with van der Waals surface area (Å²) in [5, 5.41) is 4.68. The molecule has 86 valence electrons. The van der Waals surface area contributed by atoms with E-state index in [4.69, 9.17) is 4.98 Å². The SMILES string of the molecule is Cn1c2ccccc2c2c1nc1n2CCNC1. The lowest BCUT2D eigenvalue weighted by molar-refractivity contribution is 0.515. The number of aryl methyl sites for hydroxylation is 1. The second-order valence-electron chi connectivity index (χ2n) is 4.60. The molecule has 1 aliphatic heterocycles. The average molecular weight is 226 g/mol. The fourth-order valence-corrected chi connectivity index (χ4v) is 2.83. The van der Waals surface area contributed by atoms with Crippen LogP contribution in [0.25, 0.3) is 22.1 Å². The van der Waals surface area contributed by atoms with Crippen molar-refractivity contribution in [2.24, 2.45) is 7.05 Å². The number of hydrogen-bond acceptors (Lipinski definition) is 2. The number of imidazole rings is 1. The van der Waals surface area contributed by atoms with Crippen LogP contribution in [0.2, 0.25) is 0 Å². The van der Waals surface area contributed by atoms with Gasteiger partial charge in [-0.3, -0.25) is 0 Å². The Morgan fingerprint density at radius 2 is 2.18 bits per heavy atom. The van der Waals surface area contributed by atoms with E-state index in [1.165, 1.54) is 16.4 Å². The molecule has 0 saturated heterocycles. The molecule has 4 nitrogen and oxygen atoms in total. The number of rotatable bonds is 0. The highest BCUT2D eigenvalue weighted by Gasteiger charge is 2.19. The van der Waals surface area contributed by atoms with Crippen LogP contribution < -0.4 is 5.32 Å². The molecule has 0 aliphatic carbocycles. The Hall–Kier alpha value is -1.81. The van der Waals surface area contributed by atoms with Crippen LogP contribution in [0.4, 0.5) is 0 Å². The summed E-state index contributed by atoms with van der Waals surface area (Å²) in [7, 11) is 2.09. The van der Waals surface area contributed by atoms with Crippen LogP contribution in [0.5, 0.6) is 0 Å². The lowest BCUT2D eigenvalue weighted by Crippen LogP contribution is -2.28. The van der Waals surface area contributed by atoms with E-state index in [-0.39, 0.29) is 0 Å².